The van der Waals surface area contributed by atoms with Crippen LogP contribution in [0.5, 0.6) is 11.5 Å². The Balaban J connectivity index is 1.14. The lowest BCUT2D eigenvalue weighted by Gasteiger charge is -2.57. The highest BCUT2D eigenvalue weighted by Crippen LogP contribution is 2.64. The molecule has 8 bridgehead atoms. The average Bonchev–Trinajstić information content (AvgIpc) is 3.84. The SMILES string of the molecule is c1cc2cc(OCC3CO3)c(C34CC5CC(CC(C5)C3)C4)cc2c(OCC2CO2)c1C12CC3CC(CC(C3)C1)C2. The molecular weight excluding hydrogens is 496 g/mol. The van der Waals surface area contributed by atoms with E-state index in [0.717, 1.165) is 54.5 Å². The number of epoxide rings is 2. The van der Waals surface area contributed by atoms with Crippen LogP contribution in [0.3, 0.4) is 0 Å². The lowest BCUT2D eigenvalue weighted by atomic mass is 9.47. The highest BCUT2D eigenvalue weighted by molar-refractivity contribution is 5.92. The number of benzene rings is 2. The van der Waals surface area contributed by atoms with E-state index in [9.17, 15) is 0 Å². The van der Waals surface area contributed by atoms with Gasteiger partial charge >= 0.3 is 0 Å². The lowest BCUT2D eigenvalue weighted by Crippen LogP contribution is -2.49. The molecule has 40 heavy (non-hydrogen) atoms. The van der Waals surface area contributed by atoms with Crippen LogP contribution in [0.15, 0.2) is 24.3 Å². The highest BCUT2D eigenvalue weighted by Gasteiger charge is 2.54. The average molecular weight is 541 g/mol. The molecule has 10 fully saturated rings. The maximum absolute atomic E-state index is 6.90. The predicted octanol–water partition coefficient (Wildman–Crippen LogP) is 7.33. The van der Waals surface area contributed by atoms with Gasteiger partial charge in [0, 0.05) is 16.5 Å². The molecule has 0 aromatic heterocycles. The van der Waals surface area contributed by atoms with E-state index in [1.807, 2.05) is 0 Å². The van der Waals surface area contributed by atoms with Gasteiger partial charge in [-0.25, -0.2) is 0 Å². The van der Waals surface area contributed by atoms with Crippen LogP contribution < -0.4 is 9.47 Å². The maximum atomic E-state index is 6.90. The van der Waals surface area contributed by atoms with Crippen LogP contribution in [0.4, 0.5) is 0 Å². The second kappa shape index (κ2) is 8.40. The van der Waals surface area contributed by atoms with Crippen LogP contribution in [0, 0.1) is 35.5 Å². The summed E-state index contributed by atoms with van der Waals surface area (Å²) in [6, 6.07) is 9.85. The zero-order chi connectivity index (χ0) is 26.1. The monoisotopic (exact) mass is 540 g/mol. The summed E-state index contributed by atoms with van der Waals surface area (Å²) >= 11 is 0. The first-order valence-corrected chi connectivity index (χ1v) is 16.7. The molecule has 0 radical (unpaired) electrons. The topological polar surface area (TPSA) is 43.5 Å². The molecule has 212 valence electrons. The van der Waals surface area contributed by atoms with Gasteiger partial charge in [0.1, 0.15) is 36.9 Å². The molecule has 2 aromatic carbocycles. The van der Waals surface area contributed by atoms with E-state index in [0.29, 0.717) is 18.6 Å². The molecule has 4 nitrogen and oxygen atoms in total. The fourth-order valence-electron chi connectivity index (χ4n) is 12.0. The molecule has 0 N–H and O–H groups in total. The second-order valence-corrected chi connectivity index (χ2v) is 15.9. The van der Waals surface area contributed by atoms with E-state index in [1.165, 1.54) is 105 Å². The Kier molecular flexibility index (Phi) is 4.99. The second-order valence-electron chi connectivity index (χ2n) is 15.9. The molecule has 0 spiro atoms. The van der Waals surface area contributed by atoms with Crippen LogP contribution in [-0.2, 0) is 20.3 Å². The van der Waals surface area contributed by atoms with Crippen molar-refractivity contribution in [3.05, 3.63) is 35.4 Å². The first kappa shape index (κ1) is 23.7. The summed E-state index contributed by atoms with van der Waals surface area (Å²) in [4.78, 5) is 0. The zero-order valence-corrected chi connectivity index (χ0v) is 23.9. The van der Waals surface area contributed by atoms with Crippen molar-refractivity contribution >= 4 is 10.8 Å². The summed E-state index contributed by atoms with van der Waals surface area (Å²) < 4.78 is 24.8. The van der Waals surface area contributed by atoms with E-state index in [4.69, 9.17) is 18.9 Å². The van der Waals surface area contributed by atoms with Gasteiger partial charge in [-0.3, -0.25) is 0 Å². The normalized spacial score (nSPS) is 45.3. The molecule has 2 aliphatic heterocycles. The molecule has 10 aliphatic rings. The molecule has 2 heterocycles. The standard InChI is InChI=1S/C36H44O4/c1-2-31(35-11-21-3-22(12-35)5-23(4-21)13-35)34(40-20-29-18-38-29)30-10-32(33(9-27(1)30)39-19-28-17-37-28)36-14-24-6-25(15-36)8-26(7-24)16-36/h1-2,9-10,21-26,28-29H,3-8,11-20H2. The summed E-state index contributed by atoms with van der Waals surface area (Å²) in [5.41, 5.74) is 3.60. The van der Waals surface area contributed by atoms with Crippen molar-refractivity contribution < 1.29 is 18.9 Å². The van der Waals surface area contributed by atoms with Crippen molar-refractivity contribution in [1.29, 1.82) is 0 Å². The Hall–Kier alpha value is -1.78. The first-order valence-electron chi connectivity index (χ1n) is 16.7. The van der Waals surface area contributed by atoms with Gasteiger partial charge < -0.3 is 18.9 Å². The first-order chi connectivity index (χ1) is 19.6. The number of hydrogen-bond acceptors (Lipinski definition) is 4. The van der Waals surface area contributed by atoms with Crippen molar-refractivity contribution in [3.8, 4) is 11.5 Å². The van der Waals surface area contributed by atoms with Gasteiger partial charge in [-0.15, -0.1) is 0 Å². The van der Waals surface area contributed by atoms with Crippen molar-refractivity contribution in [2.45, 2.75) is 100 Å². The molecular formula is C36H44O4. The molecule has 8 aliphatic carbocycles. The summed E-state index contributed by atoms with van der Waals surface area (Å²) in [5.74, 6) is 7.80. The highest BCUT2D eigenvalue weighted by atomic mass is 16.6. The van der Waals surface area contributed by atoms with Crippen LogP contribution in [0.2, 0.25) is 0 Å². The van der Waals surface area contributed by atoms with Crippen molar-refractivity contribution in [3.63, 3.8) is 0 Å². The van der Waals surface area contributed by atoms with Crippen LogP contribution in [0.1, 0.15) is 88.2 Å². The summed E-state index contributed by atoms with van der Waals surface area (Å²) in [5, 5.41) is 2.62. The number of fused-ring (bicyclic) bond motifs is 1. The minimum absolute atomic E-state index is 0.267. The van der Waals surface area contributed by atoms with Crippen molar-refractivity contribution in [2.24, 2.45) is 35.5 Å². The summed E-state index contributed by atoms with van der Waals surface area (Å²) in [7, 11) is 0. The van der Waals surface area contributed by atoms with E-state index in [2.05, 4.69) is 24.3 Å². The fourth-order valence-corrected chi connectivity index (χ4v) is 12.0. The Morgan fingerprint density at radius 1 is 0.600 bits per heavy atom. The van der Waals surface area contributed by atoms with Crippen molar-refractivity contribution in [2.75, 3.05) is 26.4 Å². The van der Waals surface area contributed by atoms with Crippen LogP contribution >= 0.6 is 0 Å². The van der Waals surface area contributed by atoms with Gasteiger partial charge in [0.15, 0.2) is 0 Å². The van der Waals surface area contributed by atoms with E-state index in [1.54, 1.807) is 0 Å². The van der Waals surface area contributed by atoms with Gasteiger partial charge in [0.2, 0.25) is 0 Å². The minimum Gasteiger partial charge on any atom is -0.490 e. The van der Waals surface area contributed by atoms with Crippen molar-refractivity contribution in [1.82, 2.24) is 0 Å². The number of hydrogen-bond donors (Lipinski definition) is 0. The Bertz CT molecular complexity index is 1280. The number of ether oxygens (including phenoxy) is 4. The Morgan fingerprint density at radius 2 is 1.07 bits per heavy atom. The van der Waals surface area contributed by atoms with Crippen LogP contribution in [-0.4, -0.2) is 38.6 Å². The quantitative estimate of drug-likeness (QED) is 0.329. The van der Waals surface area contributed by atoms with E-state index >= 15 is 0 Å². The zero-order valence-electron chi connectivity index (χ0n) is 23.9. The summed E-state index contributed by atoms with van der Waals surface area (Å²) in [6.45, 7) is 3.05. The van der Waals surface area contributed by atoms with E-state index < -0.39 is 0 Å². The fraction of sp³-hybridized carbons (Fsp3) is 0.722. The molecule has 2 aromatic rings. The minimum atomic E-state index is 0.267. The molecule has 2 saturated heterocycles. The van der Waals surface area contributed by atoms with Gasteiger partial charge in [0.25, 0.3) is 0 Å². The van der Waals surface area contributed by atoms with Gasteiger partial charge in [-0.05, 0) is 141 Å². The molecule has 2 atom stereocenters. The third-order valence-corrected chi connectivity index (χ3v) is 12.9. The lowest BCUT2D eigenvalue weighted by molar-refractivity contribution is -0.00649. The van der Waals surface area contributed by atoms with Gasteiger partial charge in [-0.1, -0.05) is 12.1 Å². The molecule has 12 rings (SSSR count). The predicted molar refractivity (Wildman–Crippen MR) is 154 cm³/mol. The third kappa shape index (κ3) is 3.77. The summed E-state index contributed by atoms with van der Waals surface area (Å²) in [6.07, 6.45) is 17.5. The molecule has 2 unspecified atom stereocenters. The largest absolute Gasteiger partial charge is 0.490 e. The Morgan fingerprint density at radius 3 is 1.57 bits per heavy atom. The number of rotatable bonds is 8. The molecule has 4 heteroatoms. The molecule has 0 amide bonds. The van der Waals surface area contributed by atoms with Gasteiger partial charge in [-0.2, -0.15) is 0 Å². The third-order valence-electron chi connectivity index (χ3n) is 12.9. The maximum Gasteiger partial charge on any atom is 0.131 e. The smallest absolute Gasteiger partial charge is 0.131 e. The van der Waals surface area contributed by atoms with Crippen LogP contribution in [0.25, 0.3) is 10.8 Å². The molecule has 8 saturated carbocycles. The Labute approximate surface area is 238 Å². The van der Waals surface area contributed by atoms with Gasteiger partial charge in [0.05, 0.1) is 13.2 Å². The van der Waals surface area contributed by atoms with E-state index in [-0.39, 0.29) is 17.6 Å².